The van der Waals surface area contributed by atoms with Crippen molar-refractivity contribution in [1.82, 2.24) is 9.55 Å². The molecular weight excluding hydrogens is 324 g/mol. The van der Waals surface area contributed by atoms with Crippen LogP contribution in [0.3, 0.4) is 0 Å². The fourth-order valence-corrected chi connectivity index (χ4v) is 5.11. The summed E-state index contributed by atoms with van der Waals surface area (Å²) in [4.78, 5) is 18.7. The lowest BCUT2D eigenvalue weighted by atomic mass is 9.89. The van der Waals surface area contributed by atoms with E-state index in [9.17, 15) is 4.79 Å². The van der Waals surface area contributed by atoms with E-state index in [-0.39, 0.29) is 5.56 Å². The Kier molecular flexibility index (Phi) is 3.50. The Bertz CT molecular complexity index is 1010. The summed E-state index contributed by atoms with van der Waals surface area (Å²) in [6.07, 6.45) is 3.21. The summed E-state index contributed by atoms with van der Waals surface area (Å²) >= 11 is 7.16. The molecule has 1 aromatic carbocycles. The number of aryl methyl sites for hydroxylation is 2. The van der Waals surface area contributed by atoms with E-state index in [1.54, 1.807) is 15.9 Å². The average Bonchev–Trinajstić information content (AvgIpc) is 2.86. The first kappa shape index (κ1) is 14.8. The number of benzene rings is 1. The maximum Gasteiger partial charge on any atom is 0.267 e. The molecule has 0 bridgehead atoms. The molecule has 0 saturated heterocycles. The number of aromatic amines is 1. The van der Waals surface area contributed by atoms with Gasteiger partial charge in [0.05, 0.1) is 11.1 Å². The summed E-state index contributed by atoms with van der Waals surface area (Å²) < 4.78 is 2.10. The zero-order chi connectivity index (χ0) is 16.1. The van der Waals surface area contributed by atoms with E-state index < -0.39 is 0 Å². The molecular formula is C18H18N2OS2. The predicted octanol–water partition coefficient (Wildman–Crippen LogP) is 4.54. The molecule has 1 N–H and O–H groups in total. The molecule has 0 aliphatic heterocycles. The van der Waals surface area contributed by atoms with Crippen LogP contribution in [0.4, 0.5) is 0 Å². The molecule has 3 aromatic rings. The molecule has 3 nitrogen and oxygen atoms in total. The van der Waals surface area contributed by atoms with Crippen LogP contribution in [0.5, 0.6) is 0 Å². The van der Waals surface area contributed by atoms with Crippen LogP contribution in [0, 0.1) is 17.6 Å². The zero-order valence-electron chi connectivity index (χ0n) is 13.2. The number of aromatic nitrogens is 2. The van der Waals surface area contributed by atoms with Gasteiger partial charge in [-0.1, -0.05) is 24.6 Å². The Balaban J connectivity index is 2.02. The van der Waals surface area contributed by atoms with Crippen LogP contribution in [0.25, 0.3) is 15.9 Å². The quantitative estimate of drug-likeness (QED) is 0.659. The Labute approximate surface area is 143 Å². The van der Waals surface area contributed by atoms with Gasteiger partial charge in [0.25, 0.3) is 5.56 Å². The van der Waals surface area contributed by atoms with Crippen LogP contribution in [-0.4, -0.2) is 9.55 Å². The maximum absolute atomic E-state index is 13.1. The van der Waals surface area contributed by atoms with Crippen molar-refractivity contribution in [2.45, 2.75) is 33.1 Å². The topological polar surface area (TPSA) is 37.8 Å². The van der Waals surface area contributed by atoms with Crippen LogP contribution in [-0.2, 0) is 12.8 Å². The largest absolute Gasteiger partial charge is 0.323 e. The molecule has 0 saturated carbocycles. The SMILES string of the molecule is Cc1ccc(-n2c(=S)[nH]c3sc4c(c3c2=O)CCC(C)C4)cc1. The molecule has 1 aliphatic carbocycles. The zero-order valence-corrected chi connectivity index (χ0v) is 14.8. The molecule has 23 heavy (non-hydrogen) atoms. The monoisotopic (exact) mass is 342 g/mol. The number of nitrogens with zero attached hydrogens (tertiary/aromatic N) is 1. The van der Waals surface area contributed by atoms with Crippen molar-refractivity contribution >= 4 is 33.8 Å². The number of nitrogens with one attached hydrogen (secondary N) is 1. The maximum atomic E-state index is 13.1. The van der Waals surface area contributed by atoms with E-state index in [0.29, 0.717) is 10.7 Å². The summed E-state index contributed by atoms with van der Waals surface area (Å²) in [6, 6.07) is 7.91. The van der Waals surface area contributed by atoms with Crippen LogP contribution < -0.4 is 5.56 Å². The molecule has 2 aromatic heterocycles. The number of thiophene rings is 1. The minimum atomic E-state index is 0.0136. The van der Waals surface area contributed by atoms with Gasteiger partial charge in [0.15, 0.2) is 4.77 Å². The van der Waals surface area contributed by atoms with Gasteiger partial charge in [-0.2, -0.15) is 0 Å². The lowest BCUT2D eigenvalue weighted by Gasteiger charge is -2.17. The molecule has 0 fully saturated rings. The van der Waals surface area contributed by atoms with Gasteiger partial charge in [0, 0.05) is 4.88 Å². The van der Waals surface area contributed by atoms with E-state index in [1.807, 2.05) is 31.2 Å². The van der Waals surface area contributed by atoms with Gasteiger partial charge in [-0.15, -0.1) is 11.3 Å². The van der Waals surface area contributed by atoms with E-state index in [1.165, 1.54) is 16.0 Å². The Morgan fingerprint density at radius 2 is 2.04 bits per heavy atom. The lowest BCUT2D eigenvalue weighted by molar-refractivity contribution is 0.509. The summed E-state index contributed by atoms with van der Waals surface area (Å²) in [7, 11) is 0. The lowest BCUT2D eigenvalue weighted by Crippen LogP contribution is -2.21. The first-order valence-corrected chi connectivity index (χ1v) is 9.13. The predicted molar refractivity (Wildman–Crippen MR) is 98.5 cm³/mol. The molecule has 1 atom stereocenters. The summed E-state index contributed by atoms with van der Waals surface area (Å²) in [5.74, 6) is 0.692. The van der Waals surface area contributed by atoms with Crippen molar-refractivity contribution in [2.24, 2.45) is 5.92 Å². The normalized spacial score (nSPS) is 17.4. The van der Waals surface area contributed by atoms with Crippen LogP contribution in [0.15, 0.2) is 29.1 Å². The second kappa shape index (κ2) is 5.42. The van der Waals surface area contributed by atoms with Gasteiger partial charge in [-0.25, -0.2) is 0 Å². The van der Waals surface area contributed by atoms with Gasteiger partial charge < -0.3 is 4.98 Å². The molecule has 2 heterocycles. The van der Waals surface area contributed by atoms with Crippen LogP contribution in [0.2, 0.25) is 0 Å². The van der Waals surface area contributed by atoms with Crippen molar-refractivity contribution in [3.8, 4) is 5.69 Å². The van der Waals surface area contributed by atoms with Gasteiger partial charge in [0.1, 0.15) is 4.83 Å². The molecule has 0 spiro atoms. The first-order valence-electron chi connectivity index (χ1n) is 7.91. The van der Waals surface area contributed by atoms with Gasteiger partial charge in [-0.05, 0) is 62.0 Å². The summed E-state index contributed by atoms with van der Waals surface area (Å²) in [6.45, 7) is 4.31. The van der Waals surface area contributed by atoms with Crippen LogP contribution >= 0.6 is 23.6 Å². The van der Waals surface area contributed by atoms with E-state index in [4.69, 9.17) is 12.2 Å². The minimum Gasteiger partial charge on any atom is -0.323 e. The second-order valence-corrected chi connectivity index (χ2v) is 7.95. The highest BCUT2D eigenvalue weighted by atomic mass is 32.1. The van der Waals surface area contributed by atoms with E-state index >= 15 is 0 Å². The van der Waals surface area contributed by atoms with E-state index in [2.05, 4.69) is 11.9 Å². The van der Waals surface area contributed by atoms with Crippen molar-refractivity contribution in [3.05, 3.63) is 55.4 Å². The molecule has 0 amide bonds. The average molecular weight is 342 g/mol. The van der Waals surface area contributed by atoms with Crippen LogP contribution in [0.1, 0.15) is 29.3 Å². The molecule has 5 heteroatoms. The van der Waals surface area contributed by atoms with E-state index in [0.717, 1.165) is 35.2 Å². The molecule has 1 unspecified atom stereocenters. The number of H-pyrrole nitrogens is 1. The van der Waals surface area contributed by atoms with Crippen molar-refractivity contribution in [2.75, 3.05) is 0 Å². The highest BCUT2D eigenvalue weighted by Gasteiger charge is 2.23. The number of fused-ring (bicyclic) bond motifs is 3. The van der Waals surface area contributed by atoms with Crippen molar-refractivity contribution < 1.29 is 0 Å². The molecule has 1 aliphatic rings. The Morgan fingerprint density at radius 3 is 2.78 bits per heavy atom. The third kappa shape index (κ3) is 2.39. The summed E-state index contributed by atoms with van der Waals surface area (Å²) in [5, 5.41) is 0.839. The highest BCUT2D eigenvalue weighted by molar-refractivity contribution is 7.71. The Morgan fingerprint density at radius 1 is 1.30 bits per heavy atom. The van der Waals surface area contributed by atoms with Gasteiger partial charge in [-0.3, -0.25) is 9.36 Å². The number of hydrogen-bond donors (Lipinski definition) is 1. The molecule has 0 radical (unpaired) electrons. The fourth-order valence-electron chi connectivity index (χ4n) is 3.35. The molecule has 4 rings (SSSR count). The first-order chi connectivity index (χ1) is 11.0. The third-order valence-corrected chi connectivity index (χ3v) is 6.10. The molecule has 118 valence electrons. The van der Waals surface area contributed by atoms with Crippen molar-refractivity contribution in [3.63, 3.8) is 0 Å². The third-order valence-electron chi connectivity index (χ3n) is 4.64. The number of rotatable bonds is 1. The van der Waals surface area contributed by atoms with Crippen molar-refractivity contribution in [1.29, 1.82) is 0 Å². The smallest absolute Gasteiger partial charge is 0.267 e. The highest BCUT2D eigenvalue weighted by Crippen LogP contribution is 2.35. The number of hydrogen-bond acceptors (Lipinski definition) is 3. The fraction of sp³-hybridized carbons (Fsp3) is 0.333. The minimum absolute atomic E-state index is 0.0136. The summed E-state index contributed by atoms with van der Waals surface area (Å²) in [5.41, 5.74) is 3.24. The van der Waals surface area contributed by atoms with Gasteiger partial charge >= 0.3 is 0 Å². The standard InChI is InChI=1S/C18H18N2OS2/c1-10-3-6-12(7-4-10)20-17(21)15-13-8-5-11(2)9-14(13)23-16(15)19-18(20)22/h3-4,6-7,11H,5,8-9H2,1-2H3,(H,19,22). The second-order valence-electron chi connectivity index (χ2n) is 6.46. The Hall–Kier alpha value is -1.72. The van der Waals surface area contributed by atoms with Gasteiger partial charge in [0.2, 0.25) is 0 Å².